The van der Waals surface area contributed by atoms with Gasteiger partial charge >= 0.3 is 0 Å². The second-order valence-corrected chi connectivity index (χ2v) is 5.60. The molecular weight excluding hydrogens is 268 g/mol. The van der Waals surface area contributed by atoms with Crippen molar-refractivity contribution < 1.29 is 9.53 Å². The minimum absolute atomic E-state index is 0.0385. The first-order chi connectivity index (χ1) is 10.2. The number of carbonyl (C=O) groups excluding carboxylic acids is 1. The topological polar surface area (TPSA) is 48.9 Å². The molecule has 1 amide bonds. The number of ether oxygens (including phenoxy) is 1. The van der Waals surface area contributed by atoms with Gasteiger partial charge in [-0.3, -0.25) is 4.79 Å². The minimum Gasteiger partial charge on any atom is -0.378 e. The lowest BCUT2D eigenvalue weighted by molar-refractivity contribution is 0.0658. The fourth-order valence-electron chi connectivity index (χ4n) is 2.69. The van der Waals surface area contributed by atoms with Crippen molar-refractivity contribution in [1.82, 2.24) is 14.8 Å². The maximum Gasteiger partial charge on any atom is 0.272 e. The summed E-state index contributed by atoms with van der Waals surface area (Å²) in [7, 11) is 2.08. The van der Waals surface area contributed by atoms with Crippen LogP contribution in [0.25, 0.3) is 0 Å². The molecule has 0 N–H and O–H groups in total. The average molecular weight is 290 g/mol. The predicted octanol–water partition coefficient (Wildman–Crippen LogP) is 0.306. The Morgan fingerprint density at radius 1 is 1.10 bits per heavy atom. The maximum atomic E-state index is 12.4. The molecule has 2 saturated heterocycles. The number of morpholine rings is 1. The Bertz CT molecular complexity index is 477. The Hall–Kier alpha value is -1.66. The highest BCUT2D eigenvalue weighted by Gasteiger charge is 2.21. The van der Waals surface area contributed by atoms with Crippen LogP contribution in [0, 0.1) is 0 Å². The van der Waals surface area contributed by atoms with Crippen LogP contribution in [-0.4, -0.2) is 80.2 Å². The van der Waals surface area contributed by atoms with Crippen LogP contribution < -0.4 is 4.90 Å². The Kier molecular flexibility index (Phi) is 4.36. The van der Waals surface area contributed by atoms with E-state index in [-0.39, 0.29) is 5.91 Å². The number of aromatic nitrogens is 1. The van der Waals surface area contributed by atoms with Gasteiger partial charge in [0, 0.05) is 39.3 Å². The van der Waals surface area contributed by atoms with Gasteiger partial charge in [0.1, 0.15) is 5.69 Å². The zero-order valence-electron chi connectivity index (χ0n) is 12.5. The second-order valence-electron chi connectivity index (χ2n) is 5.60. The summed E-state index contributed by atoms with van der Waals surface area (Å²) in [5, 5.41) is 0. The molecule has 0 spiro atoms. The van der Waals surface area contributed by atoms with Crippen LogP contribution in [0.5, 0.6) is 0 Å². The molecular formula is C15H22N4O2. The van der Waals surface area contributed by atoms with Gasteiger partial charge in [0.05, 0.1) is 25.1 Å². The number of likely N-dealkylation sites (N-methyl/N-ethyl adjacent to an activating group) is 1. The normalized spacial score (nSPS) is 20.6. The molecule has 6 nitrogen and oxygen atoms in total. The van der Waals surface area contributed by atoms with Crippen molar-refractivity contribution in [3.05, 3.63) is 24.0 Å². The summed E-state index contributed by atoms with van der Waals surface area (Å²) in [6.45, 7) is 6.69. The number of carbonyl (C=O) groups is 1. The van der Waals surface area contributed by atoms with Crippen LogP contribution >= 0.6 is 0 Å². The summed E-state index contributed by atoms with van der Waals surface area (Å²) in [6, 6.07) is 3.83. The van der Waals surface area contributed by atoms with Crippen molar-refractivity contribution in [3.63, 3.8) is 0 Å². The van der Waals surface area contributed by atoms with Crippen LogP contribution in [0.15, 0.2) is 18.3 Å². The number of pyridine rings is 1. The van der Waals surface area contributed by atoms with E-state index in [1.165, 1.54) is 0 Å². The van der Waals surface area contributed by atoms with E-state index in [2.05, 4.69) is 21.8 Å². The van der Waals surface area contributed by atoms with Gasteiger partial charge in [-0.05, 0) is 19.2 Å². The van der Waals surface area contributed by atoms with Crippen molar-refractivity contribution in [2.75, 3.05) is 64.4 Å². The molecule has 2 fully saturated rings. The Morgan fingerprint density at radius 3 is 2.43 bits per heavy atom. The molecule has 2 aliphatic heterocycles. The zero-order chi connectivity index (χ0) is 14.7. The van der Waals surface area contributed by atoms with Crippen molar-refractivity contribution >= 4 is 11.6 Å². The standard InChI is InChI=1S/C15H22N4O2/c1-17-4-6-19(7-5-17)15(20)14-3-2-13(12-16-14)18-8-10-21-11-9-18/h2-3,12H,4-11H2,1H3. The van der Waals surface area contributed by atoms with Gasteiger partial charge in [-0.25, -0.2) is 4.98 Å². The molecule has 6 heteroatoms. The van der Waals surface area contributed by atoms with Crippen LogP contribution in [-0.2, 0) is 4.74 Å². The van der Waals surface area contributed by atoms with E-state index in [1.54, 1.807) is 6.20 Å². The van der Waals surface area contributed by atoms with Crippen molar-refractivity contribution in [1.29, 1.82) is 0 Å². The summed E-state index contributed by atoms with van der Waals surface area (Å²) in [5.41, 5.74) is 1.60. The van der Waals surface area contributed by atoms with Crippen molar-refractivity contribution in [2.24, 2.45) is 0 Å². The first-order valence-corrected chi connectivity index (χ1v) is 7.50. The highest BCUT2D eigenvalue weighted by atomic mass is 16.5. The maximum absolute atomic E-state index is 12.4. The number of hydrogen-bond donors (Lipinski definition) is 0. The summed E-state index contributed by atoms with van der Waals surface area (Å²) in [4.78, 5) is 23.1. The Morgan fingerprint density at radius 2 is 1.81 bits per heavy atom. The van der Waals surface area contributed by atoms with Crippen LogP contribution in [0.2, 0.25) is 0 Å². The summed E-state index contributed by atoms with van der Waals surface area (Å²) >= 11 is 0. The molecule has 0 atom stereocenters. The number of piperazine rings is 1. The van der Waals surface area contributed by atoms with Gasteiger partial charge in [-0.1, -0.05) is 0 Å². The first kappa shape index (κ1) is 14.3. The molecule has 1 aromatic heterocycles. The number of amides is 1. The number of nitrogens with zero attached hydrogens (tertiary/aromatic N) is 4. The van der Waals surface area contributed by atoms with Crippen LogP contribution in [0.3, 0.4) is 0 Å². The quantitative estimate of drug-likeness (QED) is 0.784. The van der Waals surface area contributed by atoms with Gasteiger partial charge in [-0.2, -0.15) is 0 Å². The fraction of sp³-hybridized carbons (Fsp3) is 0.600. The molecule has 3 rings (SSSR count). The predicted molar refractivity (Wildman–Crippen MR) is 80.7 cm³/mol. The Labute approximate surface area is 125 Å². The number of hydrogen-bond acceptors (Lipinski definition) is 5. The molecule has 0 saturated carbocycles. The van der Waals surface area contributed by atoms with Crippen molar-refractivity contribution in [2.45, 2.75) is 0 Å². The highest BCUT2D eigenvalue weighted by Crippen LogP contribution is 2.15. The van der Waals surface area contributed by atoms with Gasteiger partial charge in [-0.15, -0.1) is 0 Å². The SMILES string of the molecule is CN1CCN(C(=O)c2ccc(N3CCOCC3)cn2)CC1. The van der Waals surface area contributed by atoms with Crippen LogP contribution in [0.4, 0.5) is 5.69 Å². The van der Waals surface area contributed by atoms with E-state index in [0.717, 1.165) is 58.2 Å². The smallest absolute Gasteiger partial charge is 0.272 e. The molecule has 114 valence electrons. The molecule has 0 unspecified atom stereocenters. The molecule has 0 radical (unpaired) electrons. The average Bonchev–Trinajstić information content (AvgIpc) is 2.56. The lowest BCUT2D eigenvalue weighted by Crippen LogP contribution is -2.47. The fourth-order valence-corrected chi connectivity index (χ4v) is 2.69. The molecule has 0 aliphatic carbocycles. The van der Waals surface area contributed by atoms with Gasteiger partial charge in [0.15, 0.2) is 0 Å². The van der Waals surface area contributed by atoms with Gasteiger partial charge < -0.3 is 19.4 Å². The molecule has 2 aliphatic rings. The molecule has 21 heavy (non-hydrogen) atoms. The third kappa shape index (κ3) is 3.33. The van der Waals surface area contributed by atoms with Crippen molar-refractivity contribution in [3.8, 4) is 0 Å². The first-order valence-electron chi connectivity index (χ1n) is 7.50. The van der Waals surface area contributed by atoms with Gasteiger partial charge in [0.2, 0.25) is 0 Å². The minimum atomic E-state index is 0.0385. The summed E-state index contributed by atoms with van der Waals surface area (Å²) in [5.74, 6) is 0.0385. The number of anilines is 1. The molecule has 0 bridgehead atoms. The number of rotatable bonds is 2. The lowest BCUT2D eigenvalue weighted by Gasteiger charge is -2.32. The monoisotopic (exact) mass is 290 g/mol. The van der Waals surface area contributed by atoms with E-state index in [9.17, 15) is 4.79 Å². The largest absolute Gasteiger partial charge is 0.378 e. The zero-order valence-corrected chi connectivity index (χ0v) is 12.5. The molecule has 0 aromatic carbocycles. The highest BCUT2D eigenvalue weighted by molar-refractivity contribution is 5.92. The third-order valence-electron chi connectivity index (χ3n) is 4.13. The van der Waals surface area contributed by atoms with E-state index in [1.807, 2.05) is 17.0 Å². The summed E-state index contributed by atoms with van der Waals surface area (Å²) < 4.78 is 5.34. The van der Waals surface area contributed by atoms with Gasteiger partial charge in [0.25, 0.3) is 5.91 Å². The summed E-state index contributed by atoms with van der Waals surface area (Å²) in [6.07, 6.45) is 1.80. The molecule has 1 aromatic rings. The van der Waals surface area contributed by atoms with E-state index >= 15 is 0 Å². The van der Waals surface area contributed by atoms with Crippen LogP contribution in [0.1, 0.15) is 10.5 Å². The Balaban J connectivity index is 1.64. The van der Waals surface area contributed by atoms with E-state index < -0.39 is 0 Å². The third-order valence-corrected chi connectivity index (χ3v) is 4.13. The lowest BCUT2D eigenvalue weighted by atomic mass is 10.2. The second kappa shape index (κ2) is 6.41. The van der Waals surface area contributed by atoms with E-state index in [4.69, 9.17) is 4.74 Å². The van der Waals surface area contributed by atoms with E-state index in [0.29, 0.717) is 5.69 Å². The molecule has 3 heterocycles.